The molecular weight excluding hydrogens is 370 g/mol. The van der Waals surface area contributed by atoms with Gasteiger partial charge in [0.1, 0.15) is 10.7 Å². The summed E-state index contributed by atoms with van der Waals surface area (Å²) in [6.45, 7) is 3.92. The van der Waals surface area contributed by atoms with Gasteiger partial charge in [0.25, 0.3) is 0 Å². The zero-order valence-electron chi connectivity index (χ0n) is 15.1. The minimum atomic E-state index is -0.619. The van der Waals surface area contributed by atoms with Gasteiger partial charge in [-0.3, -0.25) is 14.9 Å². The molecule has 0 unspecified atom stereocenters. The third-order valence-electron chi connectivity index (χ3n) is 3.27. The Morgan fingerprint density at radius 3 is 2.37 bits per heavy atom. The van der Waals surface area contributed by atoms with Gasteiger partial charge in [-0.2, -0.15) is 0 Å². The van der Waals surface area contributed by atoms with E-state index in [1.807, 2.05) is 30.3 Å². The molecule has 0 spiro atoms. The topological polar surface area (TPSA) is 107 Å². The first-order chi connectivity index (χ1) is 13.0. The van der Waals surface area contributed by atoms with Gasteiger partial charge in [0.15, 0.2) is 5.13 Å². The number of amides is 2. The SMILES string of the molecule is CCOC(=O)CCC(=O)Nc1sc(NC(=O)OCC)nc1-c1ccccc1. The van der Waals surface area contributed by atoms with Gasteiger partial charge >= 0.3 is 12.1 Å². The molecule has 0 aliphatic rings. The first-order valence-electron chi connectivity index (χ1n) is 8.49. The number of ether oxygens (including phenoxy) is 2. The summed E-state index contributed by atoms with van der Waals surface area (Å²) >= 11 is 1.11. The number of benzene rings is 1. The quantitative estimate of drug-likeness (QED) is 0.665. The van der Waals surface area contributed by atoms with Crippen LogP contribution in [0.15, 0.2) is 30.3 Å². The number of thiazole rings is 1. The molecule has 8 nitrogen and oxygen atoms in total. The average molecular weight is 391 g/mol. The van der Waals surface area contributed by atoms with Gasteiger partial charge in [0, 0.05) is 12.0 Å². The molecule has 1 aromatic heterocycles. The predicted molar refractivity (Wildman–Crippen MR) is 103 cm³/mol. The predicted octanol–water partition coefficient (Wildman–Crippen LogP) is 3.66. The second kappa shape index (κ2) is 10.3. The Labute approximate surface area is 160 Å². The molecule has 0 radical (unpaired) electrons. The molecule has 1 heterocycles. The Kier molecular flexibility index (Phi) is 7.75. The van der Waals surface area contributed by atoms with E-state index in [9.17, 15) is 14.4 Å². The van der Waals surface area contributed by atoms with Crippen LogP contribution in [-0.4, -0.2) is 36.2 Å². The Balaban J connectivity index is 2.15. The monoisotopic (exact) mass is 391 g/mol. The van der Waals surface area contributed by atoms with Crippen molar-refractivity contribution in [3.63, 3.8) is 0 Å². The van der Waals surface area contributed by atoms with Gasteiger partial charge in [0.05, 0.1) is 19.6 Å². The number of esters is 1. The van der Waals surface area contributed by atoms with Crippen molar-refractivity contribution in [1.82, 2.24) is 4.98 Å². The maximum atomic E-state index is 12.2. The van der Waals surface area contributed by atoms with Crippen LogP contribution < -0.4 is 10.6 Å². The van der Waals surface area contributed by atoms with Gasteiger partial charge in [-0.15, -0.1) is 0 Å². The molecule has 27 heavy (non-hydrogen) atoms. The molecule has 0 bridgehead atoms. The van der Waals surface area contributed by atoms with Crippen LogP contribution in [0.25, 0.3) is 11.3 Å². The minimum absolute atomic E-state index is 0.00686. The fraction of sp³-hybridized carbons (Fsp3) is 0.333. The number of nitrogens with zero attached hydrogens (tertiary/aromatic N) is 1. The summed E-state index contributed by atoms with van der Waals surface area (Å²) in [5, 5.41) is 6.06. The Hall–Kier alpha value is -2.94. The highest BCUT2D eigenvalue weighted by molar-refractivity contribution is 7.20. The third-order valence-corrected chi connectivity index (χ3v) is 4.16. The lowest BCUT2D eigenvalue weighted by Gasteiger charge is -2.05. The number of carbonyl (C=O) groups is 3. The van der Waals surface area contributed by atoms with Gasteiger partial charge in [-0.05, 0) is 13.8 Å². The van der Waals surface area contributed by atoms with E-state index in [2.05, 4.69) is 15.6 Å². The Bertz CT molecular complexity index is 792. The van der Waals surface area contributed by atoms with Crippen LogP contribution in [0.4, 0.5) is 14.9 Å². The largest absolute Gasteiger partial charge is 0.466 e. The number of carbonyl (C=O) groups excluding carboxylic acids is 3. The van der Waals surface area contributed by atoms with Crippen LogP contribution in [0, 0.1) is 0 Å². The van der Waals surface area contributed by atoms with E-state index < -0.39 is 12.1 Å². The zero-order chi connectivity index (χ0) is 19.6. The molecule has 2 aromatic rings. The molecule has 144 valence electrons. The molecule has 2 N–H and O–H groups in total. The van der Waals surface area contributed by atoms with Gasteiger partial charge < -0.3 is 14.8 Å². The van der Waals surface area contributed by atoms with Crippen LogP contribution in [-0.2, 0) is 19.1 Å². The summed E-state index contributed by atoms with van der Waals surface area (Å²) in [6.07, 6.45) is -0.635. The second-order valence-corrected chi connectivity index (χ2v) is 6.26. The normalized spacial score (nSPS) is 10.1. The summed E-state index contributed by atoms with van der Waals surface area (Å²) in [6, 6.07) is 9.25. The smallest absolute Gasteiger partial charge is 0.413 e. The van der Waals surface area contributed by atoms with Gasteiger partial charge in [-0.25, -0.2) is 9.78 Å². The Morgan fingerprint density at radius 2 is 1.70 bits per heavy atom. The first kappa shape index (κ1) is 20.4. The highest BCUT2D eigenvalue weighted by Crippen LogP contribution is 2.36. The van der Waals surface area contributed by atoms with Crippen LogP contribution in [0.2, 0.25) is 0 Å². The standard InChI is InChI=1S/C18H21N3O5S/c1-3-25-14(23)11-10-13(22)19-16-15(12-8-6-5-7-9-12)20-17(27-16)21-18(24)26-4-2/h5-9H,3-4,10-11H2,1-2H3,(H,19,22)(H,20,21,24). The average Bonchev–Trinajstić information content (AvgIpc) is 3.03. The molecule has 0 aliphatic carbocycles. The molecule has 2 amide bonds. The maximum absolute atomic E-state index is 12.2. The van der Waals surface area contributed by atoms with Crippen LogP contribution >= 0.6 is 11.3 Å². The van der Waals surface area contributed by atoms with E-state index >= 15 is 0 Å². The molecule has 0 saturated carbocycles. The number of hydrogen-bond acceptors (Lipinski definition) is 7. The number of anilines is 2. The van der Waals surface area contributed by atoms with Crippen molar-refractivity contribution in [2.75, 3.05) is 23.8 Å². The maximum Gasteiger partial charge on any atom is 0.413 e. The van der Waals surface area contributed by atoms with Crippen LogP contribution in [0.3, 0.4) is 0 Å². The lowest BCUT2D eigenvalue weighted by atomic mass is 10.1. The molecule has 0 aliphatic heterocycles. The van der Waals surface area contributed by atoms with E-state index in [1.165, 1.54) is 0 Å². The number of rotatable bonds is 8. The fourth-order valence-electron chi connectivity index (χ4n) is 2.14. The minimum Gasteiger partial charge on any atom is -0.466 e. The zero-order valence-corrected chi connectivity index (χ0v) is 15.9. The van der Waals surface area contributed by atoms with Crippen molar-refractivity contribution >= 4 is 39.4 Å². The fourth-order valence-corrected chi connectivity index (χ4v) is 3.03. The van der Waals surface area contributed by atoms with E-state index in [1.54, 1.807) is 13.8 Å². The van der Waals surface area contributed by atoms with E-state index in [4.69, 9.17) is 9.47 Å². The summed E-state index contributed by atoms with van der Waals surface area (Å²) < 4.78 is 9.66. The molecule has 9 heteroatoms. The Morgan fingerprint density at radius 1 is 1.00 bits per heavy atom. The number of aromatic nitrogens is 1. The van der Waals surface area contributed by atoms with Gasteiger partial charge in [0.2, 0.25) is 5.91 Å². The molecule has 1 aromatic carbocycles. The lowest BCUT2D eigenvalue weighted by molar-refractivity contribution is -0.144. The lowest BCUT2D eigenvalue weighted by Crippen LogP contribution is -2.14. The number of hydrogen-bond donors (Lipinski definition) is 2. The molecule has 0 saturated heterocycles. The summed E-state index contributed by atoms with van der Waals surface area (Å²) in [7, 11) is 0. The molecular formula is C18H21N3O5S. The highest BCUT2D eigenvalue weighted by Gasteiger charge is 2.18. The summed E-state index contributed by atoms with van der Waals surface area (Å²) in [4.78, 5) is 39.6. The van der Waals surface area contributed by atoms with Crippen molar-refractivity contribution in [2.24, 2.45) is 0 Å². The van der Waals surface area contributed by atoms with E-state index in [-0.39, 0.29) is 32.0 Å². The van der Waals surface area contributed by atoms with Gasteiger partial charge in [-0.1, -0.05) is 41.7 Å². The van der Waals surface area contributed by atoms with Crippen LogP contribution in [0.5, 0.6) is 0 Å². The second-order valence-electron chi connectivity index (χ2n) is 5.26. The molecule has 2 rings (SSSR count). The third kappa shape index (κ3) is 6.37. The number of nitrogens with one attached hydrogen (secondary N) is 2. The highest BCUT2D eigenvalue weighted by atomic mass is 32.1. The van der Waals surface area contributed by atoms with E-state index in [0.717, 1.165) is 16.9 Å². The molecule has 0 atom stereocenters. The van der Waals surface area contributed by atoms with E-state index in [0.29, 0.717) is 15.8 Å². The van der Waals surface area contributed by atoms with Crippen molar-refractivity contribution in [2.45, 2.75) is 26.7 Å². The van der Waals surface area contributed by atoms with Crippen molar-refractivity contribution in [1.29, 1.82) is 0 Å². The summed E-state index contributed by atoms with van der Waals surface area (Å²) in [5.74, 6) is -0.767. The molecule has 0 fully saturated rings. The first-order valence-corrected chi connectivity index (χ1v) is 9.30. The van der Waals surface area contributed by atoms with Crippen molar-refractivity contribution in [3.8, 4) is 11.3 Å². The summed E-state index contributed by atoms with van der Waals surface area (Å²) in [5.41, 5.74) is 1.31. The van der Waals surface area contributed by atoms with Crippen molar-refractivity contribution in [3.05, 3.63) is 30.3 Å². The van der Waals surface area contributed by atoms with Crippen LogP contribution in [0.1, 0.15) is 26.7 Å². The van der Waals surface area contributed by atoms with Crippen molar-refractivity contribution < 1.29 is 23.9 Å².